The first-order valence-corrected chi connectivity index (χ1v) is 8.83. The van der Waals surface area contributed by atoms with Crippen molar-refractivity contribution in [3.05, 3.63) is 52.6 Å². The summed E-state index contributed by atoms with van der Waals surface area (Å²) in [5, 5.41) is 10.6. The van der Waals surface area contributed by atoms with Crippen molar-refractivity contribution in [2.75, 3.05) is 19.5 Å². The summed E-state index contributed by atoms with van der Waals surface area (Å²) in [7, 11) is 3.13. The van der Waals surface area contributed by atoms with E-state index >= 15 is 0 Å². The molecule has 0 radical (unpaired) electrons. The van der Waals surface area contributed by atoms with Crippen molar-refractivity contribution in [1.82, 2.24) is 10.2 Å². The van der Waals surface area contributed by atoms with Crippen LogP contribution in [0.2, 0.25) is 0 Å². The van der Waals surface area contributed by atoms with Gasteiger partial charge in [0.15, 0.2) is 0 Å². The monoisotopic (exact) mass is 381 g/mol. The molecule has 0 aliphatic heterocycles. The van der Waals surface area contributed by atoms with Gasteiger partial charge < -0.3 is 13.9 Å². The minimum atomic E-state index is -0.214. The van der Waals surface area contributed by atoms with Crippen LogP contribution in [0.15, 0.2) is 34.7 Å². The number of hydrogen-bond acceptors (Lipinski definition) is 6. The largest absolute Gasteiger partial charge is 0.497 e. The molecule has 28 heavy (non-hydrogen) atoms. The van der Waals surface area contributed by atoms with Crippen LogP contribution in [-0.2, 0) is 11.2 Å². The number of benzene rings is 2. The predicted molar refractivity (Wildman–Crippen MR) is 106 cm³/mol. The highest BCUT2D eigenvalue weighted by atomic mass is 16.5. The molecule has 1 heterocycles. The zero-order valence-corrected chi connectivity index (χ0v) is 16.6. The van der Waals surface area contributed by atoms with Gasteiger partial charge in [-0.15, -0.1) is 5.10 Å². The van der Waals surface area contributed by atoms with Crippen LogP contribution in [0.3, 0.4) is 0 Å². The Morgan fingerprint density at radius 3 is 2.14 bits per heavy atom. The second-order valence-corrected chi connectivity index (χ2v) is 6.62. The molecule has 0 saturated heterocycles. The molecule has 0 spiro atoms. The van der Waals surface area contributed by atoms with Crippen molar-refractivity contribution in [3.8, 4) is 23.0 Å². The predicted octanol–water partition coefficient (Wildman–Crippen LogP) is 3.86. The molecule has 1 N–H and O–H groups in total. The molecule has 1 aromatic heterocycles. The lowest BCUT2D eigenvalue weighted by Crippen LogP contribution is -2.16. The van der Waals surface area contributed by atoms with Gasteiger partial charge >= 0.3 is 6.01 Å². The minimum Gasteiger partial charge on any atom is -0.497 e. The second-order valence-electron chi connectivity index (χ2n) is 6.62. The molecule has 7 heteroatoms. The van der Waals surface area contributed by atoms with Crippen molar-refractivity contribution >= 4 is 11.9 Å². The molecule has 7 nitrogen and oxygen atoms in total. The van der Waals surface area contributed by atoms with Gasteiger partial charge in [0, 0.05) is 11.6 Å². The zero-order chi connectivity index (χ0) is 20.3. The van der Waals surface area contributed by atoms with Gasteiger partial charge in [-0.05, 0) is 49.6 Å². The Bertz CT molecular complexity index is 965. The Morgan fingerprint density at radius 1 is 0.964 bits per heavy atom. The summed E-state index contributed by atoms with van der Waals surface area (Å²) < 4.78 is 16.1. The van der Waals surface area contributed by atoms with Crippen molar-refractivity contribution in [2.45, 2.75) is 27.2 Å². The number of carbonyl (C=O) groups excluding carboxylic acids is 1. The Labute approximate surface area is 163 Å². The van der Waals surface area contributed by atoms with E-state index in [1.807, 2.05) is 20.8 Å². The van der Waals surface area contributed by atoms with Gasteiger partial charge in [-0.2, -0.15) is 0 Å². The Kier molecular flexibility index (Phi) is 5.63. The molecule has 0 fully saturated rings. The molecule has 0 aliphatic carbocycles. The van der Waals surface area contributed by atoms with Crippen LogP contribution in [0, 0.1) is 20.8 Å². The third-order valence-electron chi connectivity index (χ3n) is 4.45. The van der Waals surface area contributed by atoms with Crippen molar-refractivity contribution in [3.63, 3.8) is 0 Å². The lowest BCUT2D eigenvalue weighted by Gasteiger charge is -2.10. The lowest BCUT2D eigenvalue weighted by molar-refractivity contribution is -0.115. The van der Waals surface area contributed by atoms with Crippen LogP contribution < -0.4 is 14.8 Å². The van der Waals surface area contributed by atoms with Crippen LogP contribution in [0.1, 0.15) is 22.3 Å². The smallest absolute Gasteiger partial charge is 0.322 e. The van der Waals surface area contributed by atoms with Crippen LogP contribution in [-0.4, -0.2) is 30.3 Å². The zero-order valence-electron chi connectivity index (χ0n) is 16.6. The fraction of sp³-hybridized carbons (Fsp3) is 0.286. The van der Waals surface area contributed by atoms with E-state index in [1.54, 1.807) is 32.4 Å². The first-order chi connectivity index (χ1) is 13.4. The third-order valence-corrected chi connectivity index (χ3v) is 4.45. The molecule has 146 valence electrons. The van der Waals surface area contributed by atoms with Crippen molar-refractivity contribution < 1.29 is 18.7 Å². The quantitative estimate of drug-likeness (QED) is 0.698. The first kappa shape index (κ1) is 19.4. The first-order valence-electron chi connectivity index (χ1n) is 8.83. The number of aromatic nitrogens is 2. The number of hydrogen-bond donors (Lipinski definition) is 1. The van der Waals surface area contributed by atoms with E-state index in [1.165, 1.54) is 5.56 Å². The number of aryl methyl sites for hydroxylation is 3. The van der Waals surface area contributed by atoms with Crippen LogP contribution in [0.25, 0.3) is 11.5 Å². The average molecular weight is 381 g/mol. The highest BCUT2D eigenvalue weighted by Crippen LogP contribution is 2.29. The fourth-order valence-electron chi connectivity index (χ4n) is 3.13. The Balaban J connectivity index is 1.76. The molecule has 0 saturated carbocycles. The number of rotatable bonds is 6. The summed E-state index contributed by atoms with van der Waals surface area (Å²) in [5.74, 6) is 1.25. The van der Waals surface area contributed by atoms with E-state index in [-0.39, 0.29) is 24.2 Å². The molecule has 0 aliphatic rings. The van der Waals surface area contributed by atoms with Gasteiger partial charge in [-0.3, -0.25) is 10.1 Å². The SMILES string of the molecule is COc1cc(OC)cc(-c2nnc(NC(=O)Cc3c(C)cc(C)cc3C)o2)c1. The molecule has 0 unspecified atom stereocenters. The van der Waals surface area contributed by atoms with E-state index in [9.17, 15) is 4.79 Å². The second kappa shape index (κ2) is 8.12. The number of anilines is 1. The summed E-state index contributed by atoms with van der Waals surface area (Å²) in [6, 6.07) is 9.42. The van der Waals surface area contributed by atoms with Gasteiger partial charge in [-0.1, -0.05) is 22.8 Å². The molecule has 0 atom stereocenters. The van der Waals surface area contributed by atoms with E-state index in [0.717, 1.165) is 16.7 Å². The number of nitrogens with one attached hydrogen (secondary N) is 1. The van der Waals surface area contributed by atoms with E-state index in [4.69, 9.17) is 13.9 Å². The van der Waals surface area contributed by atoms with Gasteiger partial charge in [0.1, 0.15) is 11.5 Å². The number of methoxy groups -OCH3 is 2. The number of ether oxygens (including phenoxy) is 2. The molecular weight excluding hydrogens is 358 g/mol. The summed E-state index contributed by atoms with van der Waals surface area (Å²) in [6.45, 7) is 6.05. The van der Waals surface area contributed by atoms with Gasteiger partial charge in [-0.25, -0.2) is 0 Å². The molecule has 0 bridgehead atoms. The molecule has 2 aromatic carbocycles. The van der Waals surface area contributed by atoms with Gasteiger partial charge in [0.05, 0.1) is 20.6 Å². The number of nitrogens with zero attached hydrogens (tertiary/aromatic N) is 2. The molecule has 1 amide bonds. The standard InChI is InChI=1S/C21H23N3O4/c1-12-6-13(2)18(14(3)7-12)11-19(25)22-21-24-23-20(28-21)15-8-16(26-4)10-17(9-15)27-5/h6-10H,11H2,1-5H3,(H,22,24,25). The minimum absolute atomic E-state index is 0.0456. The number of amides is 1. The Morgan fingerprint density at radius 2 is 1.57 bits per heavy atom. The normalized spacial score (nSPS) is 10.6. The van der Waals surface area contributed by atoms with E-state index in [2.05, 4.69) is 27.6 Å². The van der Waals surface area contributed by atoms with Gasteiger partial charge in [0.2, 0.25) is 11.8 Å². The highest BCUT2D eigenvalue weighted by Gasteiger charge is 2.15. The number of carbonyl (C=O) groups is 1. The third kappa shape index (κ3) is 4.31. The maximum Gasteiger partial charge on any atom is 0.322 e. The lowest BCUT2D eigenvalue weighted by atomic mass is 9.97. The maximum atomic E-state index is 12.4. The summed E-state index contributed by atoms with van der Waals surface area (Å²) >= 11 is 0. The van der Waals surface area contributed by atoms with E-state index in [0.29, 0.717) is 17.1 Å². The Hall–Kier alpha value is -3.35. The average Bonchev–Trinajstić information content (AvgIpc) is 3.12. The van der Waals surface area contributed by atoms with Crippen LogP contribution in [0.4, 0.5) is 6.01 Å². The summed E-state index contributed by atoms with van der Waals surface area (Å²) in [5.41, 5.74) is 4.98. The van der Waals surface area contributed by atoms with Crippen LogP contribution in [0.5, 0.6) is 11.5 Å². The maximum absolute atomic E-state index is 12.4. The summed E-state index contributed by atoms with van der Waals surface area (Å²) in [6.07, 6.45) is 0.239. The fourth-order valence-corrected chi connectivity index (χ4v) is 3.13. The molecule has 3 aromatic rings. The molecular formula is C21H23N3O4. The van der Waals surface area contributed by atoms with Crippen molar-refractivity contribution in [1.29, 1.82) is 0 Å². The topological polar surface area (TPSA) is 86.5 Å². The van der Waals surface area contributed by atoms with Crippen molar-refractivity contribution in [2.24, 2.45) is 0 Å². The van der Waals surface area contributed by atoms with E-state index < -0.39 is 0 Å². The van der Waals surface area contributed by atoms with Gasteiger partial charge in [0.25, 0.3) is 0 Å². The highest BCUT2D eigenvalue weighted by molar-refractivity contribution is 5.90. The summed E-state index contributed by atoms with van der Waals surface area (Å²) in [4.78, 5) is 12.4. The molecule has 3 rings (SSSR count). The van der Waals surface area contributed by atoms with Crippen LogP contribution >= 0.6 is 0 Å².